The van der Waals surface area contributed by atoms with Crippen LogP contribution in [0.5, 0.6) is 0 Å². The number of carbonyl (C=O) groups excluding carboxylic acids is 2. The van der Waals surface area contributed by atoms with Gasteiger partial charge in [-0.1, -0.05) is 11.6 Å². The lowest BCUT2D eigenvalue weighted by Crippen LogP contribution is -2.14. The average molecular weight is 382 g/mol. The van der Waals surface area contributed by atoms with Crippen LogP contribution in [0.4, 0.5) is 5.69 Å². The average Bonchev–Trinajstić information content (AvgIpc) is 2.31. The molecular formula is C12H13ClINO3. The molecule has 0 aromatic heterocycles. The normalized spacial score (nSPS) is 9.94. The van der Waals surface area contributed by atoms with E-state index in [4.69, 9.17) is 16.3 Å². The second kappa shape index (κ2) is 7.58. The minimum atomic E-state index is -0.374. The third-order valence-corrected chi connectivity index (χ3v) is 3.05. The Labute approximate surface area is 124 Å². The number of rotatable bonds is 5. The zero-order valence-corrected chi connectivity index (χ0v) is 12.7. The van der Waals surface area contributed by atoms with Gasteiger partial charge in [0.2, 0.25) is 5.91 Å². The molecule has 0 atom stereocenters. The fraction of sp³-hybridized carbons (Fsp3) is 0.333. The molecule has 0 radical (unpaired) electrons. The Bertz CT molecular complexity index is 451. The minimum Gasteiger partial charge on any atom is -0.466 e. The molecule has 1 aromatic carbocycles. The molecule has 0 bridgehead atoms. The summed E-state index contributed by atoms with van der Waals surface area (Å²) in [5.41, 5.74) is 0.547. The fourth-order valence-corrected chi connectivity index (χ4v) is 2.16. The van der Waals surface area contributed by atoms with Crippen molar-refractivity contribution in [2.45, 2.75) is 19.8 Å². The summed E-state index contributed by atoms with van der Waals surface area (Å²) in [6.07, 6.45) is 0.156. The van der Waals surface area contributed by atoms with Gasteiger partial charge in [-0.25, -0.2) is 0 Å². The lowest BCUT2D eigenvalue weighted by Gasteiger charge is -2.07. The first-order valence-electron chi connectivity index (χ1n) is 5.43. The van der Waals surface area contributed by atoms with Crippen molar-refractivity contribution < 1.29 is 14.3 Å². The number of nitrogens with one attached hydrogen (secondary N) is 1. The van der Waals surface area contributed by atoms with Crippen LogP contribution in [-0.4, -0.2) is 18.5 Å². The van der Waals surface area contributed by atoms with E-state index < -0.39 is 0 Å². The molecule has 0 aliphatic carbocycles. The van der Waals surface area contributed by atoms with Crippen molar-refractivity contribution >= 4 is 51.8 Å². The molecule has 0 unspecified atom stereocenters. The van der Waals surface area contributed by atoms with Crippen LogP contribution in [-0.2, 0) is 14.3 Å². The highest BCUT2D eigenvalue weighted by atomic mass is 127. The zero-order valence-electron chi connectivity index (χ0n) is 9.83. The molecule has 0 saturated heterocycles. The van der Waals surface area contributed by atoms with Crippen molar-refractivity contribution in [2.24, 2.45) is 0 Å². The fourth-order valence-electron chi connectivity index (χ4n) is 1.25. The van der Waals surface area contributed by atoms with Crippen LogP contribution < -0.4 is 5.32 Å². The topological polar surface area (TPSA) is 55.4 Å². The van der Waals surface area contributed by atoms with Crippen molar-refractivity contribution in [1.82, 2.24) is 0 Å². The predicted molar refractivity (Wildman–Crippen MR) is 78.7 cm³/mol. The number of benzene rings is 1. The molecule has 0 saturated carbocycles. The third kappa shape index (κ3) is 5.22. The molecule has 1 rings (SSSR count). The molecule has 0 aliphatic heterocycles. The van der Waals surface area contributed by atoms with E-state index in [1.54, 1.807) is 19.1 Å². The van der Waals surface area contributed by atoms with Gasteiger partial charge in [0.1, 0.15) is 0 Å². The number of hydrogen-bond donors (Lipinski definition) is 1. The molecule has 4 nitrogen and oxygen atoms in total. The molecule has 1 aromatic rings. The lowest BCUT2D eigenvalue weighted by atomic mass is 10.2. The number of carbonyl (C=O) groups is 2. The minimum absolute atomic E-state index is 0.0711. The van der Waals surface area contributed by atoms with Crippen molar-refractivity contribution in [3.63, 3.8) is 0 Å². The highest BCUT2D eigenvalue weighted by Gasteiger charge is 2.09. The van der Waals surface area contributed by atoms with E-state index in [2.05, 4.69) is 27.9 Å². The molecular weight excluding hydrogens is 368 g/mol. The first kappa shape index (κ1) is 15.2. The predicted octanol–water partition coefficient (Wildman–Crippen LogP) is 3.23. The number of ether oxygens (including phenoxy) is 1. The second-order valence-electron chi connectivity index (χ2n) is 3.48. The summed E-state index contributed by atoms with van der Waals surface area (Å²) in [5.74, 6) is -0.632. The molecule has 0 aliphatic rings. The first-order valence-corrected chi connectivity index (χ1v) is 6.89. The number of hydrogen-bond acceptors (Lipinski definition) is 3. The summed E-state index contributed by atoms with van der Waals surface area (Å²) in [4.78, 5) is 22.7. The maximum absolute atomic E-state index is 11.6. The summed E-state index contributed by atoms with van der Waals surface area (Å²) >= 11 is 8.11. The summed E-state index contributed by atoms with van der Waals surface area (Å²) in [6, 6.07) is 5.32. The molecule has 18 heavy (non-hydrogen) atoms. The van der Waals surface area contributed by atoms with Gasteiger partial charge >= 0.3 is 5.97 Å². The maximum Gasteiger partial charge on any atom is 0.306 e. The highest BCUT2D eigenvalue weighted by molar-refractivity contribution is 14.1. The summed E-state index contributed by atoms with van der Waals surface area (Å²) in [7, 11) is 0. The second-order valence-corrected chi connectivity index (χ2v) is 5.13. The van der Waals surface area contributed by atoms with Gasteiger partial charge in [-0.05, 0) is 47.7 Å². The summed E-state index contributed by atoms with van der Waals surface area (Å²) in [6.45, 7) is 2.05. The van der Waals surface area contributed by atoms with Gasteiger partial charge < -0.3 is 10.1 Å². The van der Waals surface area contributed by atoms with Crippen LogP contribution in [0.15, 0.2) is 18.2 Å². The van der Waals surface area contributed by atoms with Crippen molar-refractivity contribution in [3.05, 3.63) is 26.8 Å². The van der Waals surface area contributed by atoms with Gasteiger partial charge in [0, 0.05) is 9.99 Å². The van der Waals surface area contributed by atoms with Gasteiger partial charge in [-0.2, -0.15) is 0 Å². The monoisotopic (exact) mass is 381 g/mol. The lowest BCUT2D eigenvalue weighted by molar-refractivity contribution is -0.144. The van der Waals surface area contributed by atoms with Crippen LogP contribution in [0.25, 0.3) is 0 Å². The Morgan fingerprint density at radius 3 is 2.72 bits per heavy atom. The zero-order chi connectivity index (χ0) is 13.5. The van der Waals surface area contributed by atoms with Gasteiger partial charge in [-0.15, -0.1) is 0 Å². The van der Waals surface area contributed by atoms with E-state index in [9.17, 15) is 9.59 Å². The quantitative estimate of drug-likeness (QED) is 0.629. The van der Waals surface area contributed by atoms with Crippen LogP contribution >= 0.6 is 34.2 Å². The molecule has 1 N–H and O–H groups in total. The maximum atomic E-state index is 11.6. The number of anilines is 1. The van der Waals surface area contributed by atoms with E-state index in [1.165, 1.54) is 0 Å². The number of halogens is 2. The number of esters is 1. The van der Waals surface area contributed by atoms with Gasteiger partial charge in [-0.3, -0.25) is 9.59 Å². The van der Waals surface area contributed by atoms with Crippen LogP contribution in [0.3, 0.4) is 0 Å². The van der Waals surface area contributed by atoms with Gasteiger partial charge in [0.05, 0.1) is 23.7 Å². The smallest absolute Gasteiger partial charge is 0.306 e. The highest BCUT2D eigenvalue weighted by Crippen LogP contribution is 2.23. The van der Waals surface area contributed by atoms with Crippen LogP contribution in [0, 0.1) is 3.57 Å². The summed E-state index contributed by atoms with van der Waals surface area (Å²) in [5, 5.41) is 3.13. The molecule has 0 fully saturated rings. The first-order chi connectivity index (χ1) is 8.52. The van der Waals surface area contributed by atoms with Crippen LogP contribution in [0.2, 0.25) is 5.02 Å². The van der Waals surface area contributed by atoms with Crippen molar-refractivity contribution in [2.75, 3.05) is 11.9 Å². The van der Waals surface area contributed by atoms with E-state index >= 15 is 0 Å². The Balaban J connectivity index is 2.47. The van der Waals surface area contributed by atoms with Crippen molar-refractivity contribution in [3.8, 4) is 0 Å². The third-order valence-electron chi connectivity index (χ3n) is 2.07. The van der Waals surface area contributed by atoms with E-state index in [0.29, 0.717) is 17.3 Å². The Hall–Kier alpha value is -0.820. The molecule has 98 valence electrons. The SMILES string of the molecule is CCOC(=O)CCC(=O)Nc1ccc(I)cc1Cl. The van der Waals surface area contributed by atoms with Crippen molar-refractivity contribution in [1.29, 1.82) is 0 Å². The number of amides is 1. The molecule has 6 heteroatoms. The van der Waals surface area contributed by atoms with Gasteiger partial charge in [0.25, 0.3) is 0 Å². The Kier molecular flexibility index (Phi) is 6.42. The Morgan fingerprint density at radius 1 is 1.39 bits per heavy atom. The molecule has 0 heterocycles. The Morgan fingerprint density at radius 2 is 2.11 bits per heavy atom. The summed E-state index contributed by atoms with van der Waals surface area (Å²) < 4.78 is 5.72. The van der Waals surface area contributed by atoms with E-state index in [0.717, 1.165) is 3.57 Å². The molecule has 0 spiro atoms. The van der Waals surface area contributed by atoms with E-state index in [1.807, 2.05) is 6.07 Å². The van der Waals surface area contributed by atoms with Crippen LogP contribution in [0.1, 0.15) is 19.8 Å². The standard InChI is InChI=1S/C12H13ClINO3/c1-2-18-12(17)6-5-11(16)15-10-4-3-8(14)7-9(10)13/h3-4,7H,2,5-6H2,1H3,(H,15,16). The van der Waals surface area contributed by atoms with Gasteiger partial charge in [0.15, 0.2) is 0 Å². The molecule has 1 amide bonds. The van der Waals surface area contributed by atoms with E-state index in [-0.39, 0.29) is 24.7 Å². The largest absolute Gasteiger partial charge is 0.466 e.